The Kier molecular flexibility index (Phi) is 4.16. The first-order valence-electron chi connectivity index (χ1n) is 7.58. The van der Waals surface area contributed by atoms with Crippen molar-refractivity contribution in [1.82, 2.24) is 4.98 Å². The number of rotatable bonds is 3. The lowest BCUT2D eigenvalue weighted by Crippen LogP contribution is -2.17. The van der Waals surface area contributed by atoms with Crippen molar-refractivity contribution in [3.05, 3.63) is 39.7 Å². The van der Waals surface area contributed by atoms with E-state index < -0.39 is 0 Å². The van der Waals surface area contributed by atoms with Crippen molar-refractivity contribution in [3.8, 4) is 0 Å². The van der Waals surface area contributed by atoms with Crippen molar-refractivity contribution in [3.63, 3.8) is 0 Å². The highest BCUT2D eigenvalue weighted by atomic mass is 32.1. The molecule has 0 saturated carbocycles. The average Bonchev–Trinajstić information content (AvgIpc) is 2.90. The lowest BCUT2D eigenvalue weighted by atomic mass is 9.88. The van der Waals surface area contributed by atoms with Gasteiger partial charge in [-0.15, -0.1) is 11.3 Å². The van der Waals surface area contributed by atoms with E-state index in [9.17, 15) is 4.79 Å². The maximum absolute atomic E-state index is 12.5. The standard InChI is InChI=1S/C17H21N3OS/c1-11-4-6-13-14(10-22-15(13)8-11)17(21)19-12-5-7-16(18-9-12)20(2)3/h5,7,9-11H,4,6,8H2,1-3H3,(H,19,21). The van der Waals surface area contributed by atoms with Crippen LogP contribution in [0.4, 0.5) is 11.5 Å². The molecule has 1 atom stereocenters. The number of pyridine rings is 1. The van der Waals surface area contributed by atoms with E-state index in [0.29, 0.717) is 0 Å². The third-order valence-corrected chi connectivity index (χ3v) is 5.16. The van der Waals surface area contributed by atoms with Gasteiger partial charge in [-0.05, 0) is 42.9 Å². The van der Waals surface area contributed by atoms with Crippen LogP contribution in [0.3, 0.4) is 0 Å². The molecule has 0 fully saturated rings. The van der Waals surface area contributed by atoms with Gasteiger partial charge in [-0.3, -0.25) is 4.79 Å². The fourth-order valence-electron chi connectivity index (χ4n) is 2.79. The fraction of sp³-hybridized carbons (Fsp3) is 0.412. The molecule has 0 spiro atoms. The fourth-order valence-corrected chi connectivity index (χ4v) is 4.04. The van der Waals surface area contributed by atoms with Crippen LogP contribution in [0, 0.1) is 5.92 Å². The molecule has 2 aromatic heterocycles. The first-order chi connectivity index (χ1) is 10.5. The molecule has 2 aromatic rings. The number of amides is 1. The molecule has 0 saturated heterocycles. The number of carbonyl (C=O) groups is 1. The van der Waals surface area contributed by atoms with Gasteiger partial charge in [0.1, 0.15) is 5.82 Å². The Morgan fingerprint density at radius 1 is 1.41 bits per heavy atom. The Morgan fingerprint density at radius 2 is 2.23 bits per heavy atom. The lowest BCUT2D eigenvalue weighted by Gasteiger charge is -2.18. The summed E-state index contributed by atoms with van der Waals surface area (Å²) in [5.74, 6) is 1.58. The second-order valence-electron chi connectivity index (χ2n) is 6.15. The molecule has 1 aliphatic carbocycles. The van der Waals surface area contributed by atoms with Gasteiger partial charge < -0.3 is 10.2 Å². The zero-order valence-electron chi connectivity index (χ0n) is 13.2. The molecule has 4 nitrogen and oxygen atoms in total. The molecule has 1 amide bonds. The summed E-state index contributed by atoms with van der Waals surface area (Å²) in [6, 6.07) is 3.79. The van der Waals surface area contributed by atoms with E-state index in [-0.39, 0.29) is 5.91 Å². The molecular formula is C17H21N3OS. The van der Waals surface area contributed by atoms with Crippen LogP contribution in [0.2, 0.25) is 0 Å². The van der Waals surface area contributed by atoms with Crippen molar-refractivity contribution in [2.24, 2.45) is 5.92 Å². The minimum absolute atomic E-state index is 0.0218. The van der Waals surface area contributed by atoms with Crippen LogP contribution in [-0.2, 0) is 12.8 Å². The van der Waals surface area contributed by atoms with Crippen LogP contribution < -0.4 is 10.2 Å². The predicted molar refractivity (Wildman–Crippen MR) is 92.0 cm³/mol. The van der Waals surface area contributed by atoms with Gasteiger partial charge >= 0.3 is 0 Å². The van der Waals surface area contributed by atoms with E-state index in [4.69, 9.17) is 0 Å². The van der Waals surface area contributed by atoms with Crippen LogP contribution in [-0.4, -0.2) is 25.0 Å². The molecule has 2 heterocycles. The van der Waals surface area contributed by atoms with E-state index in [2.05, 4.69) is 17.2 Å². The second kappa shape index (κ2) is 6.08. The van der Waals surface area contributed by atoms with E-state index in [1.807, 2.05) is 36.5 Å². The molecule has 1 aliphatic rings. The van der Waals surface area contributed by atoms with Crippen LogP contribution in [0.15, 0.2) is 23.7 Å². The van der Waals surface area contributed by atoms with Crippen molar-refractivity contribution in [2.75, 3.05) is 24.3 Å². The van der Waals surface area contributed by atoms with Gasteiger partial charge in [0.25, 0.3) is 5.91 Å². The summed E-state index contributed by atoms with van der Waals surface area (Å²) in [6.07, 6.45) is 4.99. The van der Waals surface area contributed by atoms with Gasteiger partial charge in [0.05, 0.1) is 17.4 Å². The normalized spacial score (nSPS) is 17.0. The SMILES string of the molecule is CC1CCc2c(C(=O)Nc3ccc(N(C)C)nc3)csc2C1. The number of nitrogens with one attached hydrogen (secondary N) is 1. The van der Waals surface area contributed by atoms with Gasteiger partial charge in [0.2, 0.25) is 0 Å². The van der Waals surface area contributed by atoms with Crippen molar-refractivity contribution >= 4 is 28.7 Å². The van der Waals surface area contributed by atoms with E-state index in [1.54, 1.807) is 17.5 Å². The van der Waals surface area contributed by atoms with Gasteiger partial charge in [0, 0.05) is 24.4 Å². The summed E-state index contributed by atoms with van der Waals surface area (Å²) in [4.78, 5) is 20.1. The second-order valence-corrected chi connectivity index (χ2v) is 7.12. The highest BCUT2D eigenvalue weighted by Gasteiger charge is 2.23. The molecular weight excluding hydrogens is 294 g/mol. The summed E-state index contributed by atoms with van der Waals surface area (Å²) >= 11 is 1.72. The number of aromatic nitrogens is 1. The Hall–Kier alpha value is -1.88. The number of fused-ring (bicyclic) bond motifs is 1. The molecule has 116 valence electrons. The van der Waals surface area contributed by atoms with Crippen molar-refractivity contribution < 1.29 is 4.79 Å². The highest BCUT2D eigenvalue weighted by Crippen LogP contribution is 2.33. The average molecular weight is 315 g/mol. The summed E-state index contributed by atoms with van der Waals surface area (Å²) in [5, 5.41) is 4.96. The van der Waals surface area contributed by atoms with E-state index in [0.717, 1.165) is 35.8 Å². The summed E-state index contributed by atoms with van der Waals surface area (Å²) in [7, 11) is 3.89. The monoisotopic (exact) mass is 315 g/mol. The van der Waals surface area contributed by atoms with Crippen LogP contribution in [0.5, 0.6) is 0 Å². The number of carbonyl (C=O) groups excluding carboxylic acids is 1. The number of anilines is 2. The van der Waals surface area contributed by atoms with Crippen LogP contribution in [0.25, 0.3) is 0 Å². The molecule has 0 radical (unpaired) electrons. The van der Waals surface area contributed by atoms with Crippen LogP contribution >= 0.6 is 11.3 Å². The minimum Gasteiger partial charge on any atom is -0.363 e. The Balaban J connectivity index is 1.75. The number of thiophene rings is 1. The number of hydrogen-bond donors (Lipinski definition) is 1. The van der Waals surface area contributed by atoms with Gasteiger partial charge in [-0.2, -0.15) is 0 Å². The van der Waals surface area contributed by atoms with Gasteiger partial charge in [-0.1, -0.05) is 6.92 Å². The molecule has 3 rings (SSSR count). The minimum atomic E-state index is -0.0218. The third-order valence-electron chi connectivity index (χ3n) is 4.11. The Bertz CT molecular complexity index is 676. The molecule has 0 aromatic carbocycles. The first kappa shape index (κ1) is 15.0. The topological polar surface area (TPSA) is 45.2 Å². The van der Waals surface area contributed by atoms with Gasteiger partial charge in [-0.25, -0.2) is 4.98 Å². The molecule has 0 bridgehead atoms. The molecule has 22 heavy (non-hydrogen) atoms. The maximum atomic E-state index is 12.5. The summed E-state index contributed by atoms with van der Waals surface area (Å²) < 4.78 is 0. The Labute approximate surface area is 135 Å². The van der Waals surface area contributed by atoms with E-state index >= 15 is 0 Å². The molecule has 5 heteroatoms. The zero-order chi connectivity index (χ0) is 15.7. The maximum Gasteiger partial charge on any atom is 0.256 e. The van der Waals surface area contributed by atoms with Crippen molar-refractivity contribution in [1.29, 1.82) is 0 Å². The predicted octanol–water partition coefficient (Wildman–Crippen LogP) is 3.59. The van der Waals surface area contributed by atoms with Crippen LogP contribution in [0.1, 0.15) is 34.1 Å². The third kappa shape index (κ3) is 2.99. The Morgan fingerprint density at radius 3 is 2.91 bits per heavy atom. The highest BCUT2D eigenvalue weighted by molar-refractivity contribution is 7.10. The van der Waals surface area contributed by atoms with E-state index in [1.165, 1.54) is 16.9 Å². The van der Waals surface area contributed by atoms with Gasteiger partial charge in [0.15, 0.2) is 0 Å². The zero-order valence-corrected chi connectivity index (χ0v) is 14.0. The largest absolute Gasteiger partial charge is 0.363 e. The summed E-state index contributed by atoms with van der Waals surface area (Å²) in [5.41, 5.74) is 2.82. The quantitative estimate of drug-likeness (QED) is 0.941. The lowest BCUT2D eigenvalue weighted by molar-refractivity contribution is 0.102. The summed E-state index contributed by atoms with van der Waals surface area (Å²) in [6.45, 7) is 2.28. The first-order valence-corrected chi connectivity index (χ1v) is 8.46. The molecule has 1 N–H and O–H groups in total. The molecule has 1 unspecified atom stereocenters. The smallest absolute Gasteiger partial charge is 0.256 e. The number of nitrogens with zero attached hydrogens (tertiary/aromatic N) is 2. The molecule has 0 aliphatic heterocycles. The number of hydrogen-bond acceptors (Lipinski definition) is 4. The van der Waals surface area contributed by atoms with Crippen molar-refractivity contribution in [2.45, 2.75) is 26.2 Å².